The van der Waals surface area contributed by atoms with Crippen molar-refractivity contribution in [2.45, 2.75) is 6.18 Å². The van der Waals surface area contributed by atoms with E-state index in [1.165, 1.54) is 18.2 Å². The summed E-state index contributed by atoms with van der Waals surface area (Å²) in [4.78, 5) is 24.7. The zero-order valence-corrected chi connectivity index (χ0v) is 16.6. The Bertz CT molecular complexity index is 1400. The molecule has 0 bridgehead atoms. The Morgan fingerprint density at radius 3 is 2.19 bits per heavy atom. The maximum atomic E-state index is 13.4. The molecule has 4 rings (SSSR count). The normalized spacial score (nSPS) is 11.8. The summed E-state index contributed by atoms with van der Waals surface area (Å²) < 4.78 is 60.7. The Labute approximate surface area is 177 Å². The molecule has 0 aliphatic rings. The summed E-state index contributed by atoms with van der Waals surface area (Å²) in [5, 5.41) is 0.158. The second kappa shape index (κ2) is 7.22. The van der Waals surface area contributed by atoms with Crippen LogP contribution in [0.3, 0.4) is 0 Å². The van der Waals surface area contributed by atoms with E-state index in [-0.39, 0.29) is 56.0 Å². The molecule has 4 N–H and O–H groups in total. The lowest BCUT2D eigenvalue weighted by Gasteiger charge is -2.11. The minimum absolute atomic E-state index is 0.00812. The molecule has 0 atom stereocenters. The number of carbonyl (C=O) groups excluding carboxylic acids is 2. The minimum Gasteiger partial charge on any atom is -0.465 e. The molecule has 32 heavy (non-hydrogen) atoms. The summed E-state index contributed by atoms with van der Waals surface area (Å²) >= 11 is 0. The van der Waals surface area contributed by atoms with Gasteiger partial charge in [-0.3, -0.25) is 0 Å². The molecule has 0 amide bonds. The van der Waals surface area contributed by atoms with Crippen molar-refractivity contribution >= 4 is 45.6 Å². The van der Waals surface area contributed by atoms with Crippen LogP contribution in [0.2, 0.25) is 0 Å². The summed E-state index contributed by atoms with van der Waals surface area (Å²) in [7, 11) is 2.25. The van der Waals surface area contributed by atoms with Gasteiger partial charge in [0.15, 0.2) is 0 Å². The monoisotopic (exact) mass is 448 g/mol. The average Bonchev–Trinajstić information content (AvgIpc) is 3.25. The highest BCUT2D eigenvalue weighted by Crippen LogP contribution is 2.45. The van der Waals surface area contributed by atoms with Gasteiger partial charge in [-0.1, -0.05) is 12.1 Å². The number of methoxy groups -OCH3 is 2. The molecule has 11 heteroatoms. The van der Waals surface area contributed by atoms with E-state index in [1.54, 1.807) is 0 Å². The van der Waals surface area contributed by atoms with Gasteiger partial charge in [-0.05, 0) is 23.8 Å². The van der Waals surface area contributed by atoms with Crippen molar-refractivity contribution < 1.29 is 41.1 Å². The first-order valence-corrected chi connectivity index (χ1v) is 8.99. The molecule has 2 heterocycles. The molecular weight excluding hydrogens is 433 g/mol. The molecule has 8 nitrogen and oxygen atoms in total. The van der Waals surface area contributed by atoms with E-state index >= 15 is 0 Å². The SMILES string of the molecule is COC(=O)c1c(N)oc2c(-c3cccc(C(F)(F)F)c3)c3c(C(=O)OC)c(N)oc3cc12. The highest BCUT2D eigenvalue weighted by atomic mass is 19.4. The van der Waals surface area contributed by atoms with Crippen LogP contribution in [-0.2, 0) is 15.7 Å². The number of fused-ring (bicyclic) bond motifs is 2. The smallest absolute Gasteiger partial charge is 0.416 e. The quantitative estimate of drug-likeness (QED) is 0.435. The predicted octanol–water partition coefficient (Wildman–Crippen LogP) is 4.60. The van der Waals surface area contributed by atoms with Crippen molar-refractivity contribution in [3.8, 4) is 11.1 Å². The summed E-state index contributed by atoms with van der Waals surface area (Å²) in [6.07, 6.45) is -4.64. The minimum atomic E-state index is -4.64. The van der Waals surface area contributed by atoms with Gasteiger partial charge in [0, 0.05) is 16.3 Å². The zero-order chi connectivity index (χ0) is 23.4. The van der Waals surface area contributed by atoms with Gasteiger partial charge in [-0.15, -0.1) is 0 Å². The fraction of sp³-hybridized carbons (Fsp3) is 0.143. The molecule has 0 aliphatic heterocycles. The van der Waals surface area contributed by atoms with Crippen LogP contribution in [0.5, 0.6) is 0 Å². The lowest BCUT2D eigenvalue weighted by atomic mass is 9.94. The third kappa shape index (κ3) is 3.09. The Hall–Kier alpha value is -4.15. The second-order valence-corrected chi connectivity index (χ2v) is 6.75. The van der Waals surface area contributed by atoms with Crippen molar-refractivity contribution in [3.63, 3.8) is 0 Å². The van der Waals surface area contributed by atoms with Crippen molar-refractivity contribution in [3.05, 3.63) is 47.0 Å². The number of ether oxygens (including phenoxy) is 2. The fourth-order valence-electron chi connectivity index (χ4n) is 3.59. The standard InChI is InChI=1S/C21H15F3N2O6/c1-29-19(27)13-10-7-11-14(15(18(26)31-11)20(28)30-2)12(16(10)32-17(13)25)8-4-3-5-9(6-8)21(22,23)24/h3-7H,25-26H2,1-2H3. The molecule has 0 unspecified atom stereocenters. The van der Waals surface area contributed by atoms with Crippen LogP contribution in [0.25, 0.3) is 33.1 Å². The van der Waals surface area contributed by atoms with Crippen LogP contribution in [0.1, 0.15) is 26.3 Å². The first-order valence-electron chi connectivity index (χ1n) is 8.99. The Kier molecular flexibility index (Phi) is 4.76. The zero-order valence-electron chi connectivity index (χ0n) is 16.6. The number of alkyl halides is 3. The van der Waals surface area contributed by atoms with E-state index in [0.29, 0.717) is 0 Å². The summed E-state index contributed by atoms with van der Waals surface area (Å²) in [6.45, 7) is 0. The first-order chi connectivity index (χ1) is 15.1. The number of carbonyl (C=O) groups is 2. The third-order valence-corrected chi connectivity index (χ3v) is 4.95. The molecule has 2 aromatic heterocycles. The van der Waals surface area contributed by atoms with E-state index in [0.717, 1.165) is 26.4 Å². The summed E-state index contributed by atoms with van der Waals surface area (Å²) in [6, 6.07) is 5.68. The fourth-order valence-corrected chi connectivity index (χ4v) is 3.59. The molecule has 0 aliphatic carbocycles. The molecule has 0 saturated heterocycles. The van der Waals surface area contributed by atoms with Gasteiger partial charge in [-0.2, -0.15) is 13.2 Å². The van der Waals surface area contributed by atoms with Crippen LogP contribution >= 0.6 is 0 Å². The number of furan rings is 2. The van der Waals surface area contributed by atoms with Crippen LogP contribution in [0, 0.1) is 0 Å². The molecular formula is C21H15F3N2O6. The highest BCUT2D eigenvalue weighted by molar-refractivity contribution is 6.22. The van der Waals surface area contributed by atoms with Crippen molar-refractivity contribution in [2.24, 2.45) is 0 Å². The molecule has 0 fully saturated rings. The summed E-state index contributed by atoms with van der Waals surface area (Å²) in [5.41, 5.74) is 10.4. The van der Waals surface area contributed by atoms with Gasteiger partial charge in [0.25, 0.3) is 0 Å². The maximum Gasteiger partial charge on any atom is 0.416 e. The molecule has 0 radical (unpaired) electrons. The number of halogens is 3. The number of nitrogens with two attached hydrogens (primary N) is 2. The lowest BCUT2D eigenvalue weighted by Crippen LogP contribution is -2.05. The largest absolute Gasteiger partial charge is 0.465 e. The number of rotatable bonds is 3. The average molecular weight is 448 g/mol. The second-order valence-electron chi connectivity index (χ2n) is 6.75. The van der Waals surface area contributed by atoms with Crippen LogP contribution in [-0.4, -0.2) is 26.2 Å². The number of benzene rings is 2. The van der Waals surface area contributed by atoms with E-state index in [4.69, 9.17) is 29.8 Å². The van der Waals surface area contributed by atoms with Crippen molar-refractivity contribution in [1.82, 2.24) is 0 Å². The van der Waals surface area contributed by atoms with Gasteiger partial charge in [0.1, 0.15) is 22.3 Å². The topological polar surface area (TPSA) is 131 Å². The van der Waals surface area contributed by atoms with Crippen molar-refractivity contribution in [2.75, 3.05) is 25.7 Å². The van der Waals surface area contributed by atoms with Gasteiger partial charge in [0.2, 0.25) is 11.8 Å². The van der Waals surface area contributed by atoms with E-state index in [9.17, 15) is 22.8 Å². The lowest BCUT2D eigenvalue weighted by molar-refractivity contribution is -0.137. The van der Waals surface area contributed by atoms with E-state index < -0.39 is 23.7 Å². The molecule has 2 aromatic carbocycles. The van der Waals surface area contributed by atoms with Gasteiger partial charge < -0.3 is 29.8 Å². The van der Waals surface area contributed by atoms with Gasteiger partial charge >= 0.3 is 18.1 Å². The van der Waals surface area contributed by atoms with E-state index in [1.807, 2.05) is 0 Å². The number of hydrogen-bond donors (Lipinski definition) is 2. The number of hydrogen-bond acceptors (Lipinski definition) is 8. The molecule has 0 spiro atoms. The number of esters is 2. The third-order valence-electron chi connectivity index (χ3n) is 4.95. The van der Waals surface area contributed by atoms with E-state index in [2.05, 4.69) is 0 Å². The first kappa shape index (κ1) is 21.1. The Morgan fingerprint density at radius 1 is 0.938 bits per heavy atom. The highest BCUT2D eigenvalue weighted by Gasteiger charge is 2.33. The molecule has 0 saturated carbocycles. The Morgan fingerprint density at radius 2 is 1.56 bits per heavy atom. The molecule has 166 valence electrons. The number of nitrogen functional groups attached to an aromatic ring is 2. The van der Waals surface area contributed by atoms with Crippen LogP contribution in [0.4, 0.5) is 24.9 Å². The van der Waals surface area contributed by atoms with Gasteiger partial charge in [0.05, 0.1) is 19.8 Å². The summed E-state index contributed by atoms with van der Waals surface area (Å²) in [5.74, 6) is -2.34. The van der Waals surface area contributed by atoms with Crippen LogP contribution in [0.15, 0.2) is 39.2 Å². The van der Waals surface area contributed by atoms with Crippen molar-refractivity contribution in [1.29, 1.82) is 0 Å². The predicted molar refractivity (Wildman–Crippen MR) is 108 cm³/mol. The van der Waals surface area contributed by atoms with Gasteiger partial charge in [-0.25, -0.2) is 9.59 Å². The van der Waals surface area contributed by atoms with Crippen LogP contribution < -0.4 is 11.5 Å². The Balaban J connectivity index is 2.21. The number of anilines is 2. The molecule has 4 aromatic rings. The maximum absolute atomic E-state index is 13.4.